The minimum absolute atomic E-state index is 0.0957. The molecule has 12 heteroatoms. The van der Waals surface area contributed by atoms with Crippen LogP contribution in [0.3, 0.4) is 0 Å². The molecule has 1 aliphatic rings. The van der Waals surface area contributed by atoms with Gasteiger partial charge in [-0.05, 0) is 49.5 Å². The smallest absolute Gasteiger partial charge is 0.355 e. The van der Waals surface area contributed by atoms with E-state index in [1.165, 1.54) is 19.2 Å². The maximum absolute atomic E-state index is 13.1. The molecule has 2 aromatic rings. The molecule has 0 aromatic heterocycles. The molecule has 0 unspecified atom stereocenters. The Labute approximate surface area is 174 Å². The van der Waals surface area contributed by atoms with Gasteiger partial charge in [0.1, 0.15) is 0 Å². The second kappa shape index (κ2) is 8.08. The van der Waals surface area contributed by atoms with Gasteiger partial charge < -0.3 is 10.6 Å². The largest absolute Gasteiger partial charge is 0.416 e. The van der Waals surface area contributed by atoms with Crippen LogP contribution in [0.25, 0.3) is 0 Å². The van der Waals surface area contributed by atoms with E-state index in [-0.39, 0.29) is 21.8 Å². The van der Waals surface area contributed by atoms with Gasteiger partial charge in [-0.3, -0.25) is 4.79 Å². The lowest BCUT2D eigenvalue weighted by atomic mass is 9.88. The van der Waals surface area contributed by atoms with Crippen molar-refractivity contribution >= 4 is 27.3 Å². The van der Waals surface area contributed by atoms with Crippen LogP contribution in [0, 0.1) is 0 Å². The molecule has 1 saturated carbocycles. The molecular formula is C19H18F5N3O3S. The first-order valence-electron chi connectivity index (χ1n) is 9.01. The van der Waals surface area contributed by atoms with Gasteiger partial charge in [0.25, 0.3) is 11.8 Å². The number of hydrogen-bond acceptors (Lipinski definition) is 4. The van der Waals surface area contributed by atoms with Crippen molar-refractivity contribution < 1.29 is 35.2 Å². The molecule has 6 nitrogen and oxygen atoms in total. The molecule has 168 valence electrons. The molecule has 3 N–H and O–H groups in total. The van der Waals surface area contributed by atoms with E-state index in [0.29, 0.717) is 0 Å². The first-order chi connectivity index (χ1) is 14.3. The summed E-state index contributed by atoms with van der Waals surface area (Å²) in [6, 6.07) is 6.75. The van der Waals surface area contributed by atoms with Crippen molar-refractivity contribution in [2.45, 2.75) is 35.9 Å². The summed E-state index contributed by atoms with van der Waals surface area (Å²) in [6.45, 7) is 0. The lowest BCUT2D eigenvalue weighted by Gasteiger charge is -2.35. The Bertz CT molecular complexity index is 1080. The molecule has 0 radical (unpaired) electrons. The molecular weight excluding hydrogens is 445 g/mol. The summed E-state index contributed by atoms with van der Waals surface area (Å²) in [7, 11) is -2.73. The Balaban J connectivity index is 1.90. The number of anilines is 2. The Morgan fingerprint density at radius 2 is 1.68 bits per heavy atom. The zero-order valence-electron chi connectivity index (χ0n) is 16.1. The number of nitrogens with one attached hydrogen (secondary N) is 3. The van der Waals surface area contributed by atoms with Gasteiger partial charge in [-0.1, -0.05) is 0 Å². The van der Waals surface area contributed by atoms with Gasteiger partial charge in [-0.25, -0.2) is 21.9 Å². The van der Waals surface area contributed by atoms with Crippen LogP contribution in [-0.4, -0.2) is 33.3 Å². The molecule has 0 heterocycles. The number of carbonyl (C=O) groups is 1. The number of amides is 1. The summed E-state index contributed by atoms with van der Waals surface area (Å²) in [4.78, 5) is 12.4. The standard InChI is InChI=1S/C19H18F5N3O3S/c1-25-31(29,30)14-6-7-16(26-12-4-2-11(3-5-12)19(22,23)24)15(8-14)17(28)27-13-9-18(20,21)10-13/h2-8,13,25-26H,9-10H2,1H3,(H,27,28). The number of alkyl halides is 5. The fourth-order valence-electron chi connectivity index (χ4n) is 3.03. The minimum atomic E-state index is -4.52. The van der Waals surface area contributed by atoms with Crippen LogP contribution in [0.1, 0.15) is 28.8 Å². The van der Waals surface area contributed by atoms with E-state index in [2.05, 4.69) is 15.4 Å². The molecule has 0 saturated heterocycles. The first kappa shape index (κ1) is 22.9. The number of carbonyl (C=O) groups excluding carboxylic acids is 1. The third-order valence-corrected chi connectivity index (χ3v) is 6.14. The van der Waals surface area contributed by atoms with Crippen LogP contribution in [-0.2, 0) is 16.2 Å². The number of sulfonamides is 1. The average molecular weight is 463 g/mol. The number of benzene rings is 2. The fraction of sp³-hybridized carbons (Fsp3) is 0.316. The second-order valence-corrected chi connectivity index (χ2v) is 8.94. The highest BCUT2D eigenvalue weighted by molar-refractivity contribution is 7.89. The molecule has 2 aromatic carbocycles. The molecule has 0 atom stereocenters. The van der Waals surface area contributed by atoms with Crippen molar-refractivity contribution in [3.63, 3.8) is 0 Å². The maximum atomic E-state index is 13.1. The predicted octanol–water partition coefficient (Wildman–Crippen LogP) is 3.88. The van der Waals surface area contributed by atoms with Crippen molar-refractivity contribution in [2.24, 2.45) is 0 Å². The van der Waals surface area contributed by atoms with E-state index in [1.807, 2.05) is 0 Å². The van der Waals surface area contributed by atoms with Gasteiger partial charge in [0.2, 0.25) is 10.0 Å². The van der Waals surface area contributed by atoms with Crippen LogP contribution < -0.4 is 15.4 Å². The number of rotatable bonds is 6. The summed E-state index contributed by atoms with van der Waals surface area (Å²) < 4.78 is 90.6. The van der Waals surface area contributed by atoms with Crippen LogP contribution in [0.15, 0.2) is 47.4 Å². The molecule has 1 aliphatic carbocycles. The summed E-state index contributed by atoms with van der Waals surface area (Å²) >= 11 is 0. The van der Waals surface area contributed by atoms with Crippen LogP contribution in [0.5, 0.6) is 0 Å². The minimum Gasteiger partial charge on any atom is -0.355 e. The summed E-state index contributed by atoms with van der Waals surface area (Å²) in [5.74, 6) is -3.65. The zero-order valence-corrected chi connectivity index (χ0v) is 16.9. The Hall–Kier alpha value is -2.73. The van der Waals surface area contributed by atoms with Crippen molar-refractivity contribution in [1.82, 2.24) is 10.0 Å². The Morgan fingerprint density at radius 1 is 1.06 bits per heavy atom. The second-order valence-electron chi connectivity index (χ2n) is 7.05. The summed E-state index contributed by atoms with van der Waals surface area (Å²) in [5.41, 5.74) is -0.719. The maximum Gasteiger partial charge on any atom is 0.416 e. The highest BCUT2D eigenvalue weighted by Gasteiger charge is 2.46. The van der Waals surface area contributed by atoms with E-state index in [0.717, 1.165) is 30.3 Å². The summed E-state index contributed by atoms with van der Waals surface area (Å²) in [6.07, 6.45) is -5.58. The van der Waals surface area contributed by atoms with Gasteiger partial charge >= 0.3 is 6.18 Å². The van der Waals surface area contributed by atoms with Gasteiger partial charge in [0.15, 0.2) is 0 Å². The van der Waals surface area contributed by atoms with Crippen molar-refractivity contribution in [1.29, 1.82) is 0 Å². The lowest BCUT2D eigenvalue weighted by Crippen LogP contribution is -2.50. The molecule has 0 aliphatic heterocycles. The third-order valence-electron chi connectivity index (χ3n) is 4.73. The highest BCUT2D eigenvalue weighted by Crippen LogP contribution is 2.38. The molecule has 3 rings (SSSR count). The highest BCUT2D eigenvalue weighted by atomic mass is 32.2. The predicted molar refractivity (Wildman–Crippen MR) is 103 cm³/mol. The van der Waals surface area contributed by atoms with Gasteiger partial charge in [0.05, 0.1) is 21.7 Å². The average Bonchev–Trinajstić information content (AvgIpc) is 2.66. The lowest BCUT2D eigenvalue weighted by molar-refractivity contribution is -0.137. The van der Waals surface area contributed by atoms with E-state index < -0.39 is 52.5 Å². The molecule has 1 fully saturated rings. The normalized spacial score (nSPS) is 16.5. The van der Waals surface area contributed by atoms with E-state index >= 15 is 0 Å². The van der Waals surface area contributed by atoms with Gasteiger partial charge in [-0.2, -0.15) is 13.2 Å². The topological polar surface area (TPSA) is 87.3 Å². The van der Waals surface area contributed by atoms with Crippen molar-refractivity contribution in [3.05, 3.63) is 53.6 Å². The van der Waals surface area contributed by atoms with Crippen molar-refractivity contribution in [2.75, 3.05) is 12.4 Å². The fourth-order valence-corrected chi connectivity index (χ4v) is 3.79. The molecule has 31 heavy (non-hydrogen) atoms. The van der Waals surface area contributed by atoms with E-state index in [4.69, 9.17) is 0 Å². The SMILES string of the molecule is CNS(=O)(=O)c1ccc(Nc2ccc(C(F)(F)F)cc2)c(C(=O)NC2CC(F)(F)C2)c1. The van der Waals surface area contributed by atoms with Gasteiger partial charge in [0, 0.05) is 24.6 Å². The molecule has 1 amide bonds. The summed E-state index contributed by atoms with van der Waals surface area (Å²) in [5, 5.41) is 5.18. The van der Waals surface area contributed by atoms with Gasteiger partial charge in [-0.15, -0.1) is 0 Å². The van der Waals surface area contributed by atoms with Crippen LogP contribution in [0.4, 0.5) is 33.3 Å². The van der Waals surface area contributed by atoms with Crippen molar-refractivity contribution in [3.8, 4) is 0 Å². The molecule has 0 spiro atoms. The van der Waals surface area contributed by atoms with E-state index in [9.17, 15) is 35.2 Å². The quantitative estimate of drug-likeness (QED) is 0.568. The Morgan fingerprint density at radius 3 is 2.19 bits per heavy atom. The monoisotopic (exact) mass is 463 g/mol. The Kier molecular flexibility index (Phi) is 5.98. The zero-order chi connectivity index (χ0) is 23.0. The third kappa shape index (κ3) is 5.31. The number of halogens is 5. The first-order valence-corrected chi connectivity index (χ1v) is 10.5. The van der Waals surface area contributed by atoms with Crippen LogP contribution in [0.2, 0.25) is 0 Å². The van der Waals surface area contributed by atoms with E-state index in [1.54, 1.807) is 0 Å². The number of hydrogen-bond donors (Lipinski definition) is 3. The molecule has 0 bridgehead atoms. The van der Waals surface area contributed by atoms with Crippen LogP contribution >= 0.6 is 0 Å².